The highest BCUT2D eigenvalue weighted by Gasteiger charge is 2.21. The van der Waals surface area contributed by atoms with Crippen LogP contribution in [0.2, 0.25) is 5.02 Å². The average molecular weight is 387 g/mol. The van der Waals surface area contributed by atoms with Gasteiger partial charge in [0.15, 0.2) is 0 Å². The molecule has 0 aliphatic carbocycles. The van der Waals surface area contributed by atoms with Gasteiger partial charge in [0.25, 0.3) is 10.0 Å². The molecule has 1 aliphatic rings. The van der Waals surface area contributed by atoms with Crippen molar-refractivity contribution >= 4 is 38.3 Å². The van der Waals surface area contributed by atoms with Gasteiger partial charge in [-0.15, -0.1) is 0 Å². The molecular weight excluding hydrogens is 368 g/mol. The van der Waals surface area contributed by atoms with Gasteiger partial charge in [-0.25, -0.2) is 13.4 Å². The number of hydrogen-bond donors (Lipinski definition) is 1. The Morgan fingerprint density at radius 2 is 2.25 bits per heavy atom. The molecule has 3 rings (SSSR count). The van der Waals surface area contributed by atoms with Crippen LogP contribution in [0.25, 0.3) is 0 Å². The number of piperidine rings is 1. The number of aromatic nitrogens is 2. The van der Waals surface area contributed by atoms with E-state index in [1.807, 2.05) is 0 Å². The number of nitrogens with zero attached hydrogens (tertiary/aromatic N) is 3. The molecule has 1 aliphatic heterocycles. The molecule has 24 heavy (non-hydrogen) atoms. The van der Waals surface area contributed by atoms with E-state index in [0.717, 1.165) is 30.2 Å². The van der Waals surface area contributed by atoms with Crippen LogP contribution in [0.1, 0.15) is 31.7 Å². The van der Waals surface area contributed by atoms with Crippen molar-refractivity contribution in [3.05, 3.63) is 35.1 Å². The lowest BCUT2D eigenvalue weighted by Crippen LogP contribution is -2.36. The minimum Gasteiger partial charge on any atom is -0.296 e. The number of rotatable bonds is 5. The first-order valence-corrected chi connectivity index (χ1v) is 10.4. The van der Waals surface area contributed by atoms with Gasteiger partial charge >= 0.3 is 0 Å². The van der Waals surface area contributed by atoms with Crippen molar-refractivity contribution in [3.63, 3.8) is 0 Å². The first-order valence-electron chi connectivity index (χ1n) is 7.78. The molecule has 6 nitrogen and oxygen atoms in total. The average Bonchev–Trinajstić information content (AvgIpc) is 3.03. The van der Waals surface area contributed by atoms with Gasteiger partial charge in [-0.1, -0.05) is 24.1 Å². The zero-order valence-electron chi connectivity index (χ0n) is 13.3. The molecule has 1 atom stereocenters. The highest BCUT2D eigenvalue weighted by atomic mass is 35.5. The fourth-order valence-corrected chi connectivity index (χ4v) is 4.82. The molecule has 1 aromatic heterocycles. The summed E-state index contributed by atoms with van der Waals surface area (Å²) < 4.78 is 30.9. The summed E-state index contributed by atoms with van der Waals surface area (Å²) in [4.78, 5) is 6.34. The second-order valence-electron chi connectivity index (χ2n) is 5.92. The zero-order chi connectivity index (χ0) is 17.2. The highest BCUT2D eigenvalue weighted by molar-refractivity contribution is 7.93. The van der Waals surface area contributed by atoms with Crippen molar-refractivity contribution in [2.24, 2.45) is 0 Å². The number of benzene rings is 1. The van der Waals surface area contributed by atoms with E-state index in [2.05, 4.69) is 25.9 Å². The van der Waals surface area contributed by atoms with Gasteiger partial charge < -0.3 is 0 Å². The summed E-state index contributed by atoms with van der Waals surface area (Å²) in [6, 6.07) is 5.39. The third kappa shape index (κ3) is 4.05. The van der Waals surface area contributed by atoms with Crippen molar-refractivity contribution in [2.45, 2.75) is 43.7 Å². The van der Waals surface area contributed by atoms with Crippen LogP contribution in [0.15, 0.2) is 29.4 Å². The molecule has 130 valence electrons. The first-order chi connectivity index (χ1) is 11.5. The Kier molecular flexibility index (Phi) is 5.39. The number of anilines is 1. The van der Waals surface area contributed by atoms with E-state index in [4.69, 9.17) is 11.6 Å². The molecule has 1 saturated heterocycles. The summed E-state index contributed by atoms with van der Waals surface area (Å²) in [6.45, 7) is 4.01. The number of sulfonamides is 1. The molecule has 0 radical (unpaired) electrons. The summed E-state index contributed by atoms with van der Waals surface area (Å²) >= 11 is 7.32. The van der Waals surface area contributed by atoms with Crippen molar-refractivity contribution in [3.8, 4) is 0 Å². The first kappa shape index (κ1) is 17.6. The zero-order valence-corrected chi connectivity index (χ0v) is 15.7. The minimum absolute atomic E-state index is 0.123. The van der Waals surface area contributed by atoms with Crippen LogP contribution in [0.5, 0.6) is 0 Å². The normalized spacial score (nSPS) is 19.3. The van der Waals surface area contributed by atoms with E-state index in [1.165, 1.54) is 31.7 Å². The molecule has 0 amide bonds. The Morgan fingerprint density at radius 1 is 1.42 bits per heavy atom. The largest absolute Gasteiger partial charge is 0.296 e. The van der Waals surface area contributed by atoms with Crippen LogP contribution in [0.3, 0.4) is 0 Å². The molecular formula is C15H19ClN4O2S2. The lowest BCUT2D eigenvalue weighted by atomic mass is 10.0. The lowest BCUT2D eigenvalue weighted by molar-refractivity contribution is 0.152. The van der Waals surface area contributed by atoms with Gasteiger partial charge in [-0.3, -0.25) is 9.62 Å². The van der Waals surface area contributed by atoms with Crippen LogP contribution >= 0.6 is 23.1 Å². The number of nitrogens with one attached hydrogen (secondary N) is 1. The van der Waals surface area contributed by atoms with Gasteiger partial charge in [-0.05, 0) is 44.0 Å². The second kappa shape index (κ2) is 7.35. The predicted octanol–water partition coefficient (Wildman–Crippen LogP) is 3.37. The molecule has 0 saturated carbocycles. The van der Waals surface area contributed by atoms with Crippen LogP contribution in [-0.2, 0) is 16.6 Å². The van der Waals surface area contributed by atoms with Gasteiger partial charge in [0.05, 0.1) is 4.90 Å². The Morgan fingerprint density at radius 3 is 2.92 bits per heavy atom. The molecule has 1 fully saturated rings. The van der Waals surface area contributed by atoms with E-state index in [1.54, 1.807) is 12.1 Å². The van der Waals surface area contributed by atoms with E-state index in [9.17, 15) is 8.42 Å². The molecule has 1 aromatic carbocycles. The van der Waals surface area contributed by atoms with E-state index < -0.39 is 10.0 Å². The van der Waals surface area contributed by atoms with Crippen LogP contribution in [-0.4, -0.2) is 35.3 Å². The topological polar surface area (TPSA) is 75.2 Å². The maximum Gasteiger partial charge on any atom is 0.263 e. The van der Waals surface area contributed by atoms with Crippen LogP contribution in [0.4, 0.5) is 5.13 Å². The number of hydrogen-bond acceptors (Lipinski definition) is 6. The minimum atomic E-state index is -3.71. The standard InChI is InChI=1S/C15H19ClN4O2S2/c1-11-4-2-3-7-20(11)9-12-5-6-13(8-14(12)16)24(21,22)19-15-17-10-18-23-15/h5-6,8,10-11H,2-4,7,9H2,1H3,(H,17,18,19)/t11-/m1/s1. The van der Waals surface area contributed by atoms with Gasteiger partial charge in [0, 0.05) is 29.1 Å². The molecule has 2 aromatic rings. The smallest absolute Gasteiger partial charge is 0.263 e. The summed E-state index contributed by atoms with van der Waals surface area (Å²) in [6.07, 6.45) is 4.95. The number of halogens is 1. The van der Waals surface area contributed by atoms with Crippen molar-refractivity contribution in [2.75, 3.05) is 11.3 Å². The van der Waals surface area contributed by atoms with Gasteiger partial charge in [-0.2, -0.15) is 4.37 Å². The molecule has 0 unspecified atom stereocenters. The van der Waals surface area contributed by atoms with Crippen LogP contribution in [0, 0.1) is 0 Å². The number of likely N-dealkylation sites (tertiary alicyclic amines) is 1. The second-order valence-corrected chi connectivity index (χ2v) is 8.79. The predicted molar refractivity (Wildman–Crippen MR) is 95.9 cm³/mol. The summed E-state index contributed by atoms with van der Waals surface area (Å²) in [5.74, 6) is 0. The Balaban J connectivity index is 1.76. The van der Waals surface area contributed by atoms with Crippen molar-refractivity contribution < 1.29 is 8.42 Å². The van der Waals surface area contributed by atoms with E-state index >= 15 is 0 Å². The van der Waals surface area contributed by atoms with Gasteiger partial charge in [0.2, 0.25) is 5.13 Å². The monoisotopic (exact) mass is 386 g/mol. The third-order valence-corrected chi connectivity index (χ3v) is 6.63. The van der Waals surface area contributed by atoms with E-state index in [0.29, 0.717) is 11.1 Å². The summed E-state index contributed by atoms with van der Waals surface area (Å²) in [5.41, 5.74) is 0.945. The molecule has 0 bridgehead atoms. The quantitative estimate of drug-likeness (QED) is 0.852. The fourth-order valence-electron chi connectivity index (χ4n) is 2.83. The summed E-state index contributed by atoms with van der Waals surface area (Å²) in [5, 5.41) is 0.699. The summed E-state index contributed by atoms with van der Waals surface area (Å²) in [7, 11) is -3.71. The molecule has 2 heterocycles. The Labute approximate surface area is 151 Å². The fraction of sp³-hybridized carbons (Fsp3) is 0.467. The molecule has 1 N–H and O–H groups in total. The maximum atomic E-state index is 12.4. The van der Waals surface area contributed by atoms with Crippen LogP contribution < -0.4 is 4.72 Å². The van der Waals surface area contributed by atoms with Crippen molar-refractivity contribution in [1.29, 1.82) is 0 Å². The Hall–Kier alpha value is -1.22. The van der Waals surface area contributed by atoms with Gasteiger partial charge in [0.1, 0.15) is 6.33 Å². The highest BCUT2D eigenvalue weighted by Crippen LogP contribution is 2.26. The molecule has 0 spiro atoms. The molecule has 9 heteroatoms. The van der Waals surface area contributed by atoms with E-state index in [-0.39, 0.29) is 10.0 Å². The van der Waals surface area contributed by atoms with Crippen molar-refractivity contribution in [1.82, 2.24) is 14.3 Å². The Bertz CT molecular complexity index is 796. The lowest BCUT2D eigenvalue weighted by Gasteiger charge is -2.33. The maximum absolute atomic E-state index is 12.4. The third-order valence-electron chi connectivity index (χ3n) is 4.23. The SMILES string of the molecule is C[C@@H]1CCCCN1Cc1ccc(S(=O)(=O)Nc2ncns2)cc1Cl.